The Balaban J connectivity index is 1.73. The van der Waals surface area contributed by atoms with E-state index in [-0.39, 0.29) is 11.6 Å². The summed E-state index contributed by atoms with van der Waals surface area (Å²) in [4.78, 5) is 15.4. The van der Waals surface area contributed by atoms with Gasteiger partial charge in [0.2, 0.25) is 5.13 Å². The molecular formula is C9H13N5OS. The second-order valence-corrected chi connectivity index (χ2v) is 5.56. The zero-order valence-electron chi connectivity index (χ0n) is 9.23. The standard InChI is InChI=1S/C9H13N5OS/c1-6-11-12-8(16-6)14-4-9(5-14)3-10-7(15)13(9)2/h3-5H2,1-2H3,(H,10,15). The molecule has 0 bridgehead atoms. The van der Waals surface area contributed by atoms with Crippen LogP contribution in [-0.2, 0) is 0 Å². The maximum Gasteiger partial charge on any atom is 0.317 e. The third-order valence-corrected chi connectivity index (χ3v) is 4.24. The summed E-state index contributed by atoms with van der Waals surface area (Å²) in [7, 11) is 1.85. The fourth-order valence-corrected chi connectivity index (χ4v) is 2.92. The van der Waals surface area contributed by atoms with Crippen LogP contribution in [0.5, 0.6) is 0 Å². The smallest absolute Gasteiger partial charge is 0.317 e. The molecule has 0 atom stereocenters. The minimum Gasteiger partial charge on any atom is -0.342 e. The molecule has 86 valence electrons. The van der Waals surface area contributed by atoms with Crippen LogP contribution in [0.4, 0.5) is 9.93 Å². The molecule has 1 spiro atoms. The van der Waals surface area contributed by atoms with Crippen molar-refractivity contribution in [2.45, 2.75) is 12.5 Å². The lowest BCUT2D eigenvalue weighted by Crippen LogP contribution is -2.69. The Morgan fingerprint density at radius 2 is 2.19 bits per heavy atom. The highest BCUT2D eigenvalue weighted by Gasteiger charge is 2.52. The molecule has 2 saturated heterocycles. The van der Waals surface area contributed by atoms with Crippen LogP contribution in [0.3, 0.4) is 0 Å². The molecule has 3 rings (SSSR count). The molecule has 0 aliphatic carbocycles. The first-order valence-corrected chi connectivity index (χ1v) is 5.99. The van der Waals surface area contributed by atoms with E-state index in [1.807, 2.05) is 14.0 Å². The highest BCUT2D eigenvalue weighted by molar-refractivity contribution is 7.15. The van der Waals surface area contributed by atoms with Gasteiger partial charge in [0.05, 0.1) is 5.54 Å². The number of nitrogens with one attached hydrogen (secondary N) is 1. The normalized spacial score (nSPS) is 22.5. The van der Waals surface area contributed by atoms with Gasteiger partial charge in [-0.2, -0.15) is 0 Å². The topological polar surface area (TPSA) is 61.4 Å². The predicted molar refractivity (Wildman–Crippen MR) is 60.8 cm³/mol. The number of hydrogen-bond donors (Lipinski definition) is 1. The molecular weight excluding hydrogens is 226 g/mol. The number of nitrogens with zero attached hydrogens (tertiary/aromatic N) is 4. The molecule has 0 saturated carbocycles. The van der Waals surface area contributed by atoms with Gasteiger partial charge in [-0.25, -0.2) is 4.79 Å². The largest absolute Gasteiger partial charge is 0.342 e. The molecule has 1 N–H and O–H groups in total. The molecule has 7 heteroatoms. The monoisotopic (exact) mass is 239 g/mol. The summed E-state index contributed by atoms with van der Waals surface area (Å²) in [6, 6.07) is 0.0214. The van der Waals surface area contributed by atoms with Crippen molar-refractivity contribution >= 4 is 22.5 Å². The van der Waals surface area contributed by atoms with E-state index in [2.05, 4.69) is 20.4 Å². The number of amides is 2. The maximum absolute atomic E-state index is 11.4. The van der Waals surface area contributed by atoms with E-state index in [0.29, 0.717) is 0 Å². The minimum absolute atomic E-state index is 0.0214. The van der Waals surface area contributed by atoms with Crippen LogP contribution in [0, 0.1) is 6.92 Å². The van der Waals surface area contributed by atoms with Crippen LogP contribution in [0.15, 0.2) is 0 Å². The van der Waals surface area contributed by atoms with Gasteiger partial charge in [-0.1, -0.05) is 11.3 Å². The molecule has 0 radical (unpaired) electrons. The van der Waals surface area contributed by atoms with Crippen LogP contribution in [0.2, 0.25) is 0 Å². The number of hydrogen-bond acceptors (Lipinski definition) is 5. The molecule has 2 fully saturated rings. The van der Waals surface area contributed by atoms with Crippen molar-refractivity contribution in [3.05, 3.63) is 5.01 Å². The Morgan fingerprint density at radius 1 is 1.44 bits per heavy atom. The van der Waals surface area contributed by atoms with Crippen LogP contribution in [0.25, 0.3) is 0 Å². The summed E-state index contributed by atoms with van der Waals surface area (Å²) in [5.41, 5.74) is -0.0311. The lowest BCUT2D eigenvalue weighted by atomic mass is 9.90. The van der Waals surface area contributed by atoms with Gasteiger partial charge in [0.1, 0.15) is 5.01 Å². The van der Waals surface area contributed by atoms with Gasteiger partial charge in [-0.3, -0.25) is 0 Å². The molecule has 2 aliphatic rings. The first kappa shape index (κ1) is 9.83. The maximum atomic E-state index is 11.4. The van der Waals surface area contributed by atoms with E-state index in [0.717, 1.165) is 29.8 Å². The van der Waals surface area contributed by atoms with Crippen molar-refractivity contribution in [1.82, 2.24) is 20.4 Å². The molecule has 1 aromatic rings. The summed E-state index contributed by atoms with van der Waals surface area (Å²) in [6.45, 7) is 4.37. The first-order chi connectivity index (χ1) is 7.61. The van der Waals surface area contributed by atoms with Crippen molar-refractivity contribution in [2.75, 3.05) is 31.6 Å². The number of carbonyl (C=O) groups excluding carboxylic acids is 1. The van der Waals surface area contributed by atoms with Crippen LogP contribution >= 0.6 is 11.3 Å². The number of anilines is 1. The molecule has 2 amide bonds. The van der Waals surface area contributed by atoms with Gasteiger partial charge in [-0.05, 0) is 6.92 Å². The SMILES string of the molecule is Cc1nnc(N2CC3(CNC(=O)N3C)C2)s1. The van der Waals surface area contributed by atoms with E-state index in [9.17, 15) is 4.79 Å². The summed E-state index contributed by atoms with van der Waals surface area (Å²) >= 11 is 1.60. The third-order valence-electron chi connectivity index (χ3n) is 3.34. The Labute approximate surface area is 97.3 Å². The minimum atomic E-state index is -0.0311. The van der Waals surface area contributed by atoms with Gasteiger partial charge in [0, 0.05) is 26.7 Å². The van der Waals surface area contributed by atoms with E-state index in [4.69, 9.17) is 0 Å². The Bertz CT molecular complexity index is 439. The molecule has 16 heavy (non-hydrogen) atoms. The van der Waals surface area contributed by atoms with Gasteiger partial charge in [0.25, 0.3) is 0 Å². The molecule has 0 unspecified atom stereocenters. The Kier molecular flexibility index (Phi) is 1.88. The number of aryl methyl sites for hydroxylation is 1. The number of carbonyl (C=O) groups is 1. The third kappa shape index (κ3) is 1.21. The van der Waals surface area contributed by atoms with Gasteiger partial charge >= 0.3 is 6.03 Å². The lowest BCUT2D eigenvalue weighted by Gasteiger charge is -2.50. The van der Waals surface area contributed by atoms with E-state index in [1.165, 1.54) is 0 Å². The summed E-state index contributed by atoms with van der Waals surface area (Å²) < 4.78 is 0. The zero-order chi connectivity index (χ0) is 11.3. The molecule has 3 heterocycles. The van der Waals surface area contributed by atoms with Gasteiger partial charge < -0.3 is 15.1 Å². The predicted octanol–water partition coefficient (Wildman–Crippen LogP) is 0.0603. The van der Waals surface area contributed by atoms with Gasteiger partial charge in [0.15, 0.2) is 0 Å². The van der Waals surface area contributed by atoms with Crippen molar-refractivity contribution in [3.63, 3.8) is 0 Å². The molecule has 6 nitrogen and oxygen atoms in total. The lowest BCUT2D eigenvalue weighted by molar-refractivity contribution is 0.152. The van der Waals surface area contributed by atoms with E-state index >= 15 is 0 Å². The van der Waals surface area contributed by atoms with Crippen LogP contribution in [0.1, 0.15) is 5.01 Å². The summed E-state index contributed by atoms with van der Waals surface area (Å²) in [5, 5.41) is 12.9. The van der Waals surface area contributed by atoms with Crippen molar-refractivity contribution in [2.24, 2.45) is 0 Å². The Morgan fingerprint density at radius 3 is 2.69 bits per heavy atom. The van der Waals surface area contributed by atoms with Crippen molar-refractivity contribution in [1.29, 1.82) is 0 Å². The second-order valence-electron chi connectivity index (χ2n) is 4.40. The number of aromatic nitrogens is 2. The first-order valence-electron chi connectivity index (χ1n) is 5.17. The molecule has 2 aliphatic heterocycles. The molecule has 1 aromatic heterocycles. The van der Waals surface area contributed by atoms with Crippen molar-refractivity contribution < 1.29 is 4.79 Å². The number of urea groups is 1. The Hall–Kier alpha value is -1.37. The number of likely N-dealkylation sites (N-methyl/N-ethyl adjacent to an activating group) is 1. The summed E-state index contributed by atoms with van der Waals surface area (Å²) in [6.07, 6.45) is 0. The average Bonchev–Trinajstić information content (AvgIpc) is 2.72. The van der Waals surface area contributed by atoms with E-state index < -0.39 is 0 Å². The van der Waals surface area contributed by atoms with Crippen molar-refractivity contribution in [3.8, 4) is 0 Å². The quantitative estimate of drug-likeness (QED) is 0.753. The summed E-state index contributed by atoms with van der Waals surface area (Å²) in [5.74, 6) is 0. The van der Waals surface area contributed by atoms with Crippen LogP contribution < -0.4 is 10.2 Å². The van der Waals surface area contributed by atoms with Crippen LogP contribution in [-0.4, -0.2) is 53.3 Å². The highest BCUT2D eigenvalue weighted by Crippen LogP contribution is 2.34. The zero-order valence-corrected chi connectivity index (χ0v) is 10.0. The van der Waals surface area contributed by atoms with E-state index in [1.54, 1.807) is 16.2 Å². The fourth-order valence-electron chi connectivity index (χ4n) is 2.23. The fraction of sp³-hybridized carbons (Fsp3) is 0.667. The van der Waals surface area contributed by atoms with Gasteiger partial charge in [-0.15, -0.1) is 10.2 Å². The molecule has 0 aromatic carbocycles. The highest BCUT2D eigenvalue weighted by atomic mass is 32.1. The number of rotatable bonds is 1. The second kappa shape index (κ2) is 3.07. The average molecular weight is 239 g/mol.